The number of aliphatic hydroxyl groups excluding tert-OH is 2. The molecule has 0 aliphatic heterocycles. The van der Waals surface area contributed by atoms with Crippen LogP contribution in [-0.2, 0) is 14.2 Å². The molecule has 0 saturated carbocycles. The smallest absolute Gasteiger partial charge is 0.0701 e. The van der Waals surface area contributed by atoms with Crippen molar-refractivity contribution < 1.29 is 24.4 Å². The molecule has 0 aliphatic rings. The first-order valence-corrected chi connectivity index (χ1v) is 8.86. The average Bonchev–Trinajstić information content (AvgIpc) is 2.54. The van der Waals surface area contributed by atoms with E-state index in [-0.39, 0.29) is 6.61 Å². The molecule has 0 aromatic rings. The summed E-state index contributed by atoms with van der Waals surface area (Å²) in [6.07, 6.45) is 11.0. The van der Waals surface area contributed by atoms with E-state index in [4.69, 9.17) is 24.4 Å². The van der Waals surface area contributed by atoms with Gasteiger partial charge in [-0.25, -0.2) is 0 Å². The highest BCUT2D eigenvalue weighted by Gasteiger charge is 1.94. The molecule has 0 unspecified atom stereocenters. The molecule has 0 bridgehead atoms. The summed E-state index contributed by atoms with van der Waals surface area (Å²) in [6, 6.07) is 0. The summed E-state index contributed by atoms with van der Waals surface area (Å²) in [5, 5.41) is 17.2. The van der Waals surface area contributed by atoms with Crippen molar-refractivity contribution in [2.24, 2.45) is 0 Å². The van der Waals surface area contributed by atoms with E-state index in [1.165, 1.54) is 44.9 Å². The van der Waals surface area contributed by atoms with Gasteiger partial charge in [0.05, 0.1) is 39.6 Å². The van der Waals surface area contributed by atoms with Crippen LogP contribution in [-0.4, -0.2) is 63.1 Å². The number of aliphatic hydroxyl groups is 2. The van der Waals surface area contributed by atoms with Gasteiger partial charge < -0.3 is 24.4 Å². The summed E-state index contributed by atoms with van der Waals surface area (Å²) in [5.41, 5.74) is 0. The van der Waals surface area contributed by atoms with Crippen LogP contribution in [0.2, 0.25) is 0 Å². The van der Waals surface area contributed by atoms with Crippen molar-refractivity contribution in [3.8, 4) is 0 Å². The maximum absolute atomic E-state index is 8.67. The topological polar surface area (TPSA) is 68.2 Å². The van der Waals surface area contributed by atoms with Crippen molar-refractivity contribution in [1.29, 1.82) is 0 Å². The van der Waals surface area contributed by atoms with Crippen LogP contribution in [0.15, 0.2) is 0 Å². The number of unbranched alkanes of at least 4 members (excludes halogenated alkanes) is 8. The third kappa shape index (κ3) is 19.8. The van der Waals surface area contributed by atoms with Gasteiger partial charge in [0.2, 0.25) is 0 Å². The highest BCUT2D eigenvalue weighted by molar-refractivity contribution is 4.47. The lowest BCUT2D eigenvalue weighted by Crippen LogP contribution is -2.11. The molecule has 0 aromatic carbocycles. The van der Waals surface area contributed by atoms with Crippen molar-refractivity contribution >= 4 is 0 Å². The molecule has 0 aliphatic carbocycles. The molecule has 0 amide bonds. The molecule has 0 rings (SSSR count). The quantitative estimate of drug-likeness (QED) is 0.358. The van der Waals surface area contributed by atoms with Gasteiger partial charge in [0.1, 0.15) is 0 Å². The van der Waals surface area contributed by atoms with E-state index in [0.29, 0.717) is 39.6 Å². The lowest BCUT2D eigenvalue weighted by Gasteiger charge is -2.06. The summed E-state index contributed by atoms with van der Waals surface area (Å²) < 4.78 is 15.9. The van der Waals surface area contributed by atoms with Crippen molar-refractivity contribution in [2.75, 3.05) is 52.9 Å². The zero-order valence-electron chi connectivity index (χ0n) is 14.1. The largest absolute Gasteiger partial charge is 0.396 e. The van der Waals surface area contributed by atoms with E-state index in [1.807, 2.05) is 0 Å². The summed E-state index contributed by atoms with van der Waals surface area (Å²) >= 11 is 0. The highest BCUT2D eigenvalue weighted by Crippen LogP contribution is 2.09. The molecule has 0 saturated heterocycles. The SMILES string of the molecule is OCCCCCCCCCCCOCCOCCOCCO. The average molecular weight is 320 g/mol. The Bertz CT molecular complexity index is 170. The minimum Gasteiger partial charge on any atom is -0.396 e. The Kier molecular flexibility index (Phi) is 20.6. The van der Waals surface area contributed by atoms with E-state index in [0.717, 1.165) is 19.4 Å². The van der Waals surface area contributed by atoms with Gasteiger partial charge in [-0.05, 0) is 12.8 Å². The number of ether oxygens (including phenoxy) is 3. The van der Waals surface area contributed by atoms with Gasteiger partial charge in [0.15, 0.2) is 0 Å². The molecule has 0 aromatic heterocycles. The van der Waals surface area contributed by atoms with Crippen LogP contribution >= 0.6 is 0 Å². The monoisotopic (exact) mass is 320 g/mol. The van der Waals surface area contributed by atoms with Gasteiger partial charge >= 0.3 is 0 Å². The molecule has 2 N–H and O–H groups in total. The number of rotatable bonds is 19. The molecule has 22 heavy (non-hydrogen) atoms. The predicted octanol–water partition coefficient (Wildman–Crippen LogP) is 2.53. The summed E-state index contributed by atoms with van der Waals surface area (Å²) in [6.45, 7) is 3.93. The van der Waals surface area contributed by atoms with E-state index in [2.05, 4.69) is 0 Å². The molecular weight excluding hydrogens is 284 g/mol. The second-order valence-electron chi connectivity index (χ2n) is 5.47. The van der Waals surface area contributed by atoms with Gasteiger partial charge in [-0.15, -0.1) is 0 Å². The van der Waals surface area contributed by atoms with Crippen molar-refractivity contribution in [2.45, 2.75) is 57.8 Å². The Labute approximate surface area is 136 Å². The van der Waals surface area contributed by atoms with Crippen molar-refractivity contribution in [1.82, 2.24) is 0 Å². The van der Waals surface area contributed by atoms with Gasteiger partial charge in [0.25, 0.3) is 0 Å². The summed E-state index contributed by atoms with van der Waals surface area (Å²) in [7, 11) is 0. The highest BCUT2D eigenvalue weighted by atomic mass is 16.5. The Balaban J connectivity index is 2.91. The first-order chi connectivity index (χ1) is 10.9. The molecule has 134 valence electrons. The van der Waals surface area contributed by atoms with Crippen LogP contribution in [0.3, 0.4) is 0 Å². The molecule has 0 radical (unpaired) electrons. The third-order valence-electron chi connectivity index (χ3n) is 3.43. The molecule has 0 fully saturated rings. The zero-order valence-corrected chi connectivity index (χ0v) is 14.1. The molecular formula is C17H36O5. The number of hydrogen-bond acceptors (Lipinski definition) is 5. The van der Waals surface area contributed by atoms with Gasteiger partial charge in [-0.3, -0.25) is 0 Å². The lowest BCUT2D eigenvalue weighted by atomic mass is 10.1. The van der Waals surface area contributed by atoms with E-state index in [9.17, 15) is 0 Å². The second-order valence-corrected chi connectivity index (χ2v) is 5.47. The van der Waals surface area contributed by atoms with Crippen molar-refractivity contribution in [3.05, 3.63) is 0 Å². The molecule has 0 heterocycles. The molecule has 5 nitrogen and oxygen atoms in total. The van der Waals surface area contributed by atoms with Gasteiger partial charge in [-0.1, -0.05) is 44.9 Å². The van der Waals surface area contributed by atoms with Crippen LogP contribution in [0.4, 0.5) is 0 Å². The Morgan fingerprint density at radius 1 is 0.364 bits per heavy atom. The van der Waals surface area contributed by atoms with Crippen LogP contribution in [0.5, 0.6) is 0 Å². The summed E-state index contributed by atoms with van der Waals surface area (Å²) in [5.74, 6) is 0. The Morgan fingerprint density at radius 2 is 0.773 bits per heavy atom. The Morgan fingerprint density at radius 3 is 1.27 bits per heavy atom. The van der Waals surface area contributed by atoms with Crippen molar-refractivity contribution in [3.63, 3.8) is 0 Å². The van der Waals surface area contributed by atoms with Crippen LogP contribution in [0, 0.1) is 0 Å². The fourth-order valence-electron chi connectivity index (χ4n) is 2.16. The molecule has 0 atom stereocenters. The lowest BCUT2D eigenvalue weighted by molar-refractivity contribution is 0.00719. The van der Waals surface area contributed by atoms with Crippen LogP contribution in [0.1, 0.15) is 57.8 Å². The predicted molar refractivity (Wildman–Crippen MR) is 88.2 cm³/mol. The second kappa shape index (κ2) is 20.8. The van der Waals surface area contributed by atoms with Crippen LogP contribution < -0.4 is 0 Å². The van der Waals surface area contributed by atoms with E-state index < -0.39 is 0 Å². The van der Waals surface area contributed by atoms with E-state index >= 15 is 0 Å². The normalized spacial score (nSPS) is 11.2. The van der Waals surface area contributed by atoms with Gasteiger partial charge in [-0.2, -0.15) is 0 Å². The first kappa shape index (κ1) is 21.8. The summed E-state index contributed by atoms with van der Waals surface area (Å²) in [4.78, 5) is 0. The zero-order chi connectivity index (χ0) is 16.1. The molecule has 5 heteroatoms. The Hall–Kier alpha value is -0.200. The maximum atomic E-state index is 8.67. The first-order valence-electron chi connectivity index (χ1n) is 8.86. The minimum absolute atomic E-state index is 0.0623. The third-order valence-corrected chi connectivity index (χ3v) is 3.43. The maximum Gasteiger partial charge on any atom is 0.0701 e. The van der Waals surface area contributed by atoms with Crippen LogP contribution in [0.25, 0.3) is 0 Å². The van der Waals surface area contributed by atoms with Gasteiger partial charge in [0, 0.05) is 13.2 Å². The molecule has 0 spiro atoms. The number of hydrogen-bond donors (Lipinski definition) is 2. The minimum atomic E-state index is 0.0623. The standard InChI is InChI=1S/C17H36O5/c18-10-8-6-4-2-1-3-5-7-9-12-20-14-16-22-17-15-21-13-11-19/h18-19H,1-17H2. The fourth-order valence-corrected chi connectivity index (χ4v) is 2.16. The fraction of sp³-hybridized carbons (Fsp3) is 1.00. The van der Waals surface area contributed by atoms with E-state index in [1.54, 1.807) is 0 Å².